The van der Waals surface area contributed by atoms with Crippen molar-refractivity contribution in [1.82, 2.24) is 0 Å². The number of ether oxygens (including phenoxy) is 2. The minimum Gasteiger partial charge on any atom is -0.489 e. The highest BCUT2D eigenvalue weighted by atomic mass is 19.1. The summed E-state index contributed by atoms with van der Waals surface area (Å²) in [6.45, 7) is 4.54. The average molecular weight is 567 g/mol. The summed E-state index contributed by atoms with van der Waals surface area (Å²) in [4.78, 5) is 12.5. The molecule has 0 N–H and O–H groups in total. The Bertz CT molecular complexity index is 963. The van der Waals surface area contributed by atoms with Crippen molar-refractivity contribution >= 4 is 5.97 Å². The molecule has 0 radical (unpaired) electrons. The van der Waals surface area contributed by atoms with Crippen molar-refractivity contribution in [3.63, 3.8) is 0 Å². The molecular formula is C37H55FO3. The molecule has 0 saturated heterocycles. The topological polar surface area (TPSA) is 35.5 Å². The summed E-state index contributed by atoms with van der Waals surface area (Å²) in [6, 6.07) is 17.0. The first kappa shape index (κ1) is 33.1. The molecule has 1 saturated carbocycles. The molecule has 3 rings (SSSR count). The summed E-state index contributed by atoms with van der Waals surface area (Å²) in [5.74, 6) is 0.0195. The number of unbranched alkanes of at least 4 members (excludes halogenated alkanes) is 10. The molecule has 228 valence electrons. The summed E-state index contributed by atoms with van der Waals surface area (Å²) in [5, 5.41) is 0. The lowest BCUT2D eigenvalue weighted by atomic mass is 9.85. The lowest BCUT2D eigenvalue weighted by Crippen LogP contribution is -2.44. The van der Waals surface area contributed by atoms with Crippen LogP contribution in [0.3, 0.4) is 0 Å². The van der Waals surface area contributed by atoms with Gasteiger partial charge in [0, 0.05) is 0 Å². The smallest absolute Gasteiger partial charge is 0.341 e. The van der Waals surface area contributed by atoms with Gasteiger partial charge < -0.3 is 9.47 Å². The van der Waals surface area contributed by atoms with Crippen LogP contribution in [0.2, 0.25) is 0 Å². The average Bonchev–Trinajstić information content (AvgIpc) is 3.01. The molecule has 2 aromatic carbocycles. The van der Waals surface area contributed by atoms with Crippen molar-refractivity contribution in [3.8, 4) is 16.9 Å². The van der Waals surface area contributed by atoms with E-state index in [-0.39, 0.29) is 13.0 Å². The summed E-state index contributed by atoms with van der Waals surface area (Å²) >= 11 is 0. The van der Waals surface area contributed by atoms with Gasteiger partial charge in [-0.1, -0.05) is 127 Å². The van der Waals surface area contributed by atoms with Gasteiger partial charge in [-0.05, 0) is 73.8 Å². The number of halogens is 1. The molecule has 1 aliphatic carbocycles. The fourth-order valence-corrected chi connectivity index (χ4v) is 5.89. The fraction of sp³-hybridized carbons (Fsp3) is 0.649. The second kappa shape index (κ2) is 18.9. The van der Waals surface area contributed by atoms with E-state index in [1.807, 2.05) is 19.1 Å². The van der Waals surface area contributed by atoms with Crippen LogP contribution in [0.4, 0.5) is 4.39 Å². The Kier molecular flexibility index (Phi) is 15.3. The first-order valence-electron chi connectivity index (χ1n) is 16.7. The highest BCUT2D eigenvalue weighted by Gasteiger charge is 2.38. The predicted octanol–water partition coefficient (Wildman–Crippen LogP) is 11.0. The second-order valence-electron chi connectivity index (χ2n) is 12.2. The third kappa shape index (κ3) is 12.2. The Morgan fingerprint density at radius 1 is 0.732 bits per heavy atom. The molecular weight excluding hydrogens is 511 g/mol. The largest absolute Gasteiger partial charge is 0.489 e. The summed E-state index contributed by atoms with van der Waals surface area (Å²) in [6.07, 6.45) is 19.6. The lowest BCUT2D eigenvalue weighted by Gasteiger charge is -2.36. The molecule has 0 amide bonds. The van der Waals surface area contributed by atoms with Crippen LogP contribution in [0.5, 0.6) is 5.75 Å². The Balaban J connectivity index is 1.41. The highest BCUT2D eigenvalue weighted by Crippen LogP contribution is 2.34. The monoisotopic (exact) mass is 566 g/mol. The van der Waals surface area contributed by atoms with Gasteiger partial charge in [0.05, 0.1) is 0 Å². The van der Waals surface area contributed by atoms with E-state index in [2.05, 4.69) is 43.3 Å². The molecule has 0 aromatic heterocycles. The van der Waals surface area contributed by atoms with Gasteiger partial charge in [-0.3, -0.25) is 0 Å². The Morgan fingerprint density at radius 2 is 1.27 bits per heavy atom. The van der Waals surface area contributed by atoms with Crippen molar-refractivity contribution in [2.75, 3.05) is 6.61 Å². The van der Waals surface area contributed by atoms with Gasteiger partial charge >= 0.3 is 5.97 Å². The summed E-state index contributed by atoms with van der Waals surface area (Å²) in [5.41, 5.74) is 3.03. The molecule has 41 heavy (non-hydrogen) atoms. The molecule has 4 heteroatoms. The maximum atomic E-state index is 14.3. The van der Waals surface area contributed by atoms with Crippen LogP contribution in [0.15, 0.2) is 48.5 Å². The quantitative estimate of drug-likeness (QED) is 0.118. The number of carbonyl (C=O) groups is 1. The van der Waals surface area contributed by atoms with Crippen molar-refractivity contribution in [2.24, 2.45) is 0 Å². The standard InChI is InChI=1S/C37H55FO3/c1-3-5-7-8-9-10-11-12-13-15-18-31-20-22-32(23-21-31)33-24-26-34(27-25-33)40-30-37(28-16-14-17-29-37)41-36(39)35(38)19-6-4-2/h20-27,35H,3-19,28-30H2,1-2H3/t35-/m0/s1. The van der Waals surface area contributed by atoms with Gasteiger partial charge in [0.2, 0.25) is 0 Å². The van der Waals surface area contributed by atoms with E-state index in [9.17, 15) is 9.18 Å². The van der Waals surface area contributed by atoms with Gasteiger partial charge in [-0.2, -0.15) is 0 Å². The minimum absolute atomic E-state index is 0.230. The molecule has 2 aromatic rings. The van der Waals surface area contributed by atoms with Crippen LogP contribution in [0.25, 0.3) is 11.1 Å². The van der Waals surface area contributed by atoms with E-state index < -0.39 is 17.7 Å². The highest BCUT2D eigenvalue weighted by molar-refractivity contribution is 5.75. The maximum absolute atomic E-state index is 14.3. The van der Waals surface area contributed by atoms with Crippen molar-refractivity contribution in [3.05, 3.63) is 54.1 Å². The normalized spacial score (nSPS) is 15.4. The van der Waals surface area contributed by atoms with Crippen molar-refractivity contribution < 1.29 is 18.7 Å². The van der Waals surface area contributed by atoms with Crippen LogP contribution >= 0.6 is 0 Å². The molecule has 0 bridgehead atoms. The zero-order valence-electron chi connectivity index (χ0n) is 25.9. The predicted molar refractivity (Wildman–Crippen MR) is 169 cm³/mol. The number of esters is 1. The Labute approximate surface area is 249 Å². The van der Waals surface area contributed by atoms with Gasteiger partial charge in [-0.25, -0.2) is 9.18 Å². The molecule has 0 unspecified atom stereocenters. The van der Waals surface area contributed by atoms with Gasteiger partial charge in [0.1, 0.15) is 18.0 Å². The third-order valence-electron chi connectivity index (χ3n) is 8.61. The second-order valence-corrected chi connectivity index (χ2v) is 12.2. The molecule has 1 fully saturated rings. The first-order chi connectivity index (χ1) is 20.0. The number of benzene rings is 2. The molecule has 3 nitrogen and oxygen atoms in total. The van der Waals surface area contributed by atoms with Crippen molar-refractivity contribution in [2.45, 2.75) is 148 Å². The number of rotatable bonds is 20. The van der Waals surface area contributed by atoms with Gasteiger partial charge in [-0.15, -0.1) is 0 Å². The van der Waals surface area contributed by atoms with E-state index in [1.54, 1.807) is 0 Å². The molecule has 0 spiro atoms. The Hall–Kier alpha value is -2.36. The van der Waals surface area contributed by atoms with Gasteiger partial charge in [0.15, 0.2) is 6.17 Å². The van der Waals surface area contributed by atoms with Crippen LogP contribution < -0.4 is 4.74 Å². The van der Waals surface area contributed by atoms with Crippen LogP contribution in [-0.2, 0) is 16.0 Å². The third-order valence-corrected chi connectivity index (χ3v) is 8.61. The van der Waals surface area contributed by atoms with Crippen LogP contribution in [0, 0.1) is 0 Å². The molecule has 1 atom stereocenters. The number of carbonyl (C=O) groups excluding carboxylic acids is 1. The zero-order chi connectivity index (χ0) is 29.2. The van der Waals surface area contributed by atoms with Crippen molar-refractivity contribution in [1.29, 1.82) is 0 Å². The number of alkyl halides is 1. The number of hydrogen-bond acceptors (Lipinski definition) is 3. The first-order valence-corrected chi connectivity index (χ1v) is 16.7. The lowest BCUT2D eigenvalue weighted by molar-refractivity contribution is -0.173. The van der Waals surface area contributed by atoms with E-state index in [4.69, 9.17) is 9.47 Å². The number of aryl methyl sites for hydroxylation is 1. The van der Waals surface area contributed by atoms with Gasteiger partial charge in [0.25, 0.3) is 0 Å². The Morgan fingerprint density at radius 3 is 1.85 bits per heavy atom. The summed E-state index contributed by atoms with van der Waals surface area (Å²) in [7, 11) is 0. The molecule has 0 aliphatic heterocycles. The van der Waals surface area contributed by atoms with E-state index in [0.29, 0.717) is 6.42 Å². The molecule has 0 heterocycles. The zero-order valence-corrected chi connectivity index (χ0v) is 25.9. The molecule has 1 aliphatic rings. The summed E-state index contributed by atoms with van der Waals surface area (Å²) < 4.78 is 26.3. The maximum Gasteiger partial charge on any atom is 0.341 e. The van der Waals surface area contributed by atoms with Crippen LogP contribution in [-0.4, -0.2) is 24.3 Å². The van der Waals surface area contributed by atoms with Crippen LogP contribution in [0.1, 0.15) is 135 Å². The number of hydrogen-bond donors (Lipinski definition) is 0. The fourth-order valence-electron chi connectivity index (χ4n) is 5.89. The van der Waals surface area contributed by atoms with E-state index >= 15 is 0 Å². The van der Waals surface area contributed by atoms with E-state index in [1.165, 1.54) is 75.3 Å². The minimum atomic E-state index is -1.55. The SMILES string of the molecule is CCCCCCCCCCCCc1ccc(-c2ccc(OCC3(OC(=O)[C@@H](F)CCCC)CCCCC3)cc2)cc1. The van der Waals surface area contributed by atoms with E-state index in [0.717, 1.165) is 56.3 Å².